The van der Waals surface area contributed by atoms with Crippen molar-refractivity contribution in [3.05, 3.63) is 29.3 Å². The normalized spacial score (nSPS) is 17.1. The van der Waals surface area contributed by atoms with Crippen LogP contribution in [0.2, 0.25) is 0 Å². The Labute approximate surface area is 123 Å². The number of halogens is 2. The minimum atomic E-state index is -1.45. The van der Waals surface area contributed by atoms with Gasteiger partial charge in [0.2, 0.25) is 0 Å². The molecule has 116 valence electrons. The molecule has 1 saturated heterocycles. The summed E-state index contributed by atoms with van der Waals surface area (Å²) in [4.78, 5) is 12.6. The number of aromatic carboxylic acids is 1. The topological polar surface area (TPSA) is 40.5 Å². The van der Waals surface area contributed by atoms with Gasteiger partial charge in [-0.1, -0.05) is 20.8 Å². The number of carboxylic acids is 1. The Hall–Kier alpha value is -1.65. The van der Waals surface area contributed by atoms with E-state index in [4.69, 9.17) is 5.11 Å². The monoisotopic (exact) mass is 297 g/mol. The predicted octanol–water partition coefficient (Wildman–Crippen LogP) is 3.93. The molecule has 0 amide bonds. The van der Waals surface area contributed by atoms with E-state index < -0.39 is 23.2 Å². The van der Waals surface area contributed by atoms with Gasteiger partial charge in [-0.15, -0.1) is 0 Å². The average Bonchev–Trinajstić information content (AvgIpc) is 2.40. The Bertz CT molecular complexity index is 544. The van der Waals surface area contributed by atoms with Crippen molar-refractivity contribution in [2.45, 2.75) is 33.6 Å². The van der Waals surface area contributed by atoms with Gasteiger partial charge in [0.1, 0.15) is 0 Å². The lowest BCUT2D eigenvalue weighted by Crippen LogP contribution is -2.38. The highest BCUT2D eigenvalue weighted by Gasteiger charge is 2.30. The molecule has 5 heteroatoms. The molecular formula is C16H21F2NO2. The Morgan fingerprint density at radius 1 is 1.19 bits per heavy atom. The minimum absolute atomic E-state index is 0.157. The van der Waals surface area contributed by atoms with Crippen molar-refractivity contribution in [3.8, 4) is 0 Å². The highest BCUT2D eigenvalue weighted by atomic mass is 19.2. The summed E-state index contributed by atoms with van der Waals surface area (Å²) >= 11 is 0. The number of hydrogen-bond donors (Lipinski definition) is 1. The zero-order chi connectivity index (χ0) is 15.8. The molecule has 0 radical (unpaired) electrons. The first-order valence-corrected chi connectivity index (χ1v) is 7.18. The van der Waals surface area contributed by atoms with Gasteiger partial charge in [-0.25, -0.2) is 13.6 Å². The van der Waals surface area contributed by atoms with Gasteiger partial charge in [0, 0.05) is 13.1 Å². The lowest BCUT2D eigenvalue weighted by Gasteiger charge is -2.39. The van der Waals surface area contributed by atoms with Crippen molar-refractivity contribution >= 4 is 11.7 Å². The lowest BCUT2D eigenvalue weighted by molar-refractivity contribution is 0.0690. The number of hydrogen-bond acceptors (Lipinski definition) is 2. The molecule has 1 aromatic carbocycles. The molecule has 1 fully saturated rings. The second-order valence-electron chi connectivity index (χ2n) is 6.69. The summed E-state index contributed by atoms with van der Waals surface area (Å²) in [5.74, 6) is -3.24. The molecule has 1 N–H and O–H groups in total. The number of piperidine rings is 1. The Kier molecular flexibility index (Phi) is 4.21. The number of carbonyl (C=O) groups is 1. The van der Waals surface area contributed by atoms with Crippen molar-refractivity contribution in [3.63, 3.8) is 0 Å². The second kappa shape index (κ2) is 5.62. The summed E-state index contributed by atoms with van der Waals surface area (Å²) in [6, 6.07) is 2.49. The maximum absolute atomic E-state index is 14.1. The van der Waals surface area contributed by atoms with Gasteiger partial charge in [-0.2, -0.15) is 0 Å². The molecule has 2 rings (SSSR count). The first-order valence-electron chi connectivity index (χ1n) is 7.18. The summed E-state index contributed by atoms with van der Waals surface area (Å²) in [5.41, 5.74) is -0.256. The summed E-state index contributed by atoms with van der Waals surface area (Å²) in [7, 11) is 0. The molecule has 0 atom stereocenters. The quantitative estimate of drug-likeness (QED) is 0.899. The SMILES string of the molecule is CC(C)(C)C1CCN(c2ccc(C(=O)O)c(F)c2F)CC1. The number of nitrogens with zero attached hydrogens (tertiary/aromatic N) is 1. The fraction of sp³-hybridized carbons (Fsp3) is 0.562. The lowest BCUT2D eigenvalue weighted by atomic mass is 9.75. The molecule has 0 bridgehead atoms. The van der Waals surface area contributed by atoms with Crippen LogP contribution in [-0.4, -0.2) is 24.2 Å². The third-order valence-corrected chi connectivity index (χ3v) is 4.35. The molecule has 1 aromatic rings. The fourth-order valence-corrected chi connectivity index (χ4v) is 2.94. The summed E-state index contributed by atoms with van der Waals surface area (Å²) in [5, 5.41) is 8.80. The van der Waals surface area contributed by atoms with Crippen molar-refractivity contribution in [1.29, 1.82) is 0 Å². The molecule has 1 aliphatic rings. The minimum Gasteiger partial charge on any atom is -0.478 e. The molecule has 1 aliphatic heterocycles. The van der Waals surface area contributed by atoms with Crippen LogP contribution in [0.25, 0.3) is 0 Å². The maximum atomic E-state index is 14.1. The Morgan fingerprint density at radius 3 is 2.24 bits per heavy atom. The third-order valence-electron chi connectivity index (χ3n) is 4.35. The van der Waals surface area contributed by atoms with E-state index in [0.717, 1.165) is 18.9 Å². The fourth-order valence-electron chi connectivity index (χ4n) is 2.94. The van der Waals surface area contributed by atoms with Crippen LogP contribution in [0, 0.1) is 23.0 Å². The Morgan fingerprint density at radius 2 is 1.76 bits per heavy atom. The van der Waals surface area contributed by atoms with Crippen LogP contribution >= 0.6 is 0 Å². The molecule has 21 heavy (non-hydrogen) atoms. The van der Waals surface area contributed by atoms with Crippen LogP contribution in [-0.2, 0) is 0 Å². The zero-order valence-corrected chi connectivity index (χ0v) is 12.6. The third kappa shape index (κ3) is 3.17. The van der Waals surface area contributed by atoms with Crippen LogP contribution < -0.4 is 4.90 Å². The predicted molar refractivity (Wildman–Crippen MR) is 77.7 cm³/mol. The van der Waals surface area contributed by atoms with Crippen LogP contribution in [0.1, 0.15) is 44.0 Å². The molecule has 0 aromatic heterocycles. The first kappa shape index (κ1) is 15.7. The summed E-state index contributed by atoms with van der Waals surface area (Å²) in [6.07, 6.45) is 1.84. The highest BCUT2D eigenvalue weighted by Crippen LogP contribution is 2.36. The van der Waals surface area contributed by atoms with E-state index in [1.165, 1.54) is 6.07 Å². The van der Waals surface area contributed by atoms with Gasteiger partial charge in [0.15, 0.2) is 11.6 Å². The van der Waals surface area contributed by atoms with E-state index in [0.29, 0.717) is 19.0 Å². The van der Waals surface area contributed by atoms with E-state index in [-0.39, 0.29) is 11.1 Å². The smallest absolute Gasteiger partial charge is 0.338 e. The van der Waals surface area contributed by atoms with E-state index >= 15 is 0 Å². The van der Waals surface area contributed by atoms with Crippen LogP contribution in [0.15, 0.2) is 12.1 Å². The molecule has 0 aliphatic carbocycles. The number of benzene rings is 1. The highest BCUT2D eigenvalue weighted by molar-refractivity contribution is 5.88. The van der Waals surface area contributed by atoms with Gasteiger partial charge in [0.25, 0.3) is 0 Å². The van der Waals surface area contributed by atoms with Gasteiger partial charge in [0.05, 0.1) is 11.3 Å². The van der Waals surface area contributed by atoms with Gasteiger partial charge in [-0.3, -0.25) is 0 Å². The average molecular weight is 297 g/mol. The van der Waals surface area contributed by atoms with E-state index in [2.05, 4.69) is 20.8 Å². The molecule has 3 nitrogen and oxygen atoms in total. The summed E-state index contributed by atoms with van der Waals surface area (Å²) in [6.45, 7) is 7.88. The maximum Gasteiger partial charge on any atom is 0.338 e. The van der Waals surface area contributed by atoms with Crippen LogP contribution in [0.3, 0.4) is 0 Å². The van der Waals surface area contributed by atoms with Crippen molar-refractivity contribution < 1.29 is 18.7 Å². The molecule has 0 spiro atoms. The van der Waals surface area contributed by atoms with Crippen molar-refractivity contribution in [1.82, 2.24) is 0 Å². The number of carboxylic acid groups (broad SMARTS) is 1. The van der Waals surface area contributed by atoms with Crippen LogP contribution in [0.5, 0.6) is 0 Å². The van der Waals surface area contributed by atoms with Crippen molar-refractivity contribution in [2.24, 2.45) is 11.3 Å². The van der Waals surface area contributed by atoms with E-state index in [9.17, 15) is 13.6 Å². The van der Waals surface area contributed by atoms with Gasteiger partial charge >= 0.3 is 5.97 Å². The van der Waals surface area contributed by atoms with E-state index in [1.54, 1.807) is 4.90 Å². The number of rotatable bonds is 2. The van der Waals surface area contributed by atoms with Gasteiger partial charge in [-0.05, 0) is 36.3 Å². The standard InChI is InChI=1S/C16H21F2NO2/c1-16(2,3)10-6-8-19(9-7-10)12-5-4-11(15(20)21)13(17)14(12)18/h4-5,10H,6-9H2,1-3H3,(H,20,21). The molecule has 1 heterocycles. The van der Waals surface area contributed by atoms with Gasteiger partial charge < -0.3 is 10.0 Å². The zero-order valence-electron chi connectivity index (χ0n) is 12.6. The van der Waals surface area contributed by atoms with E-state index in [1.807, 2.05) is 0 Å². The molecule has 0 saturated carbocycles. The molecular weight excluding hydrogens is 276 g/mol. The Balaban J connectivity index is 2.18. The second-order valence-corrected chi connectivity index (χ2v) is 6.69. The summed E-state index contributed by atoms with van der Waals surface area (Å²) < 4.78 is 27.8. The largest absolute Gasteiger partial charge is 0.478 e. The van der Waals surface area contributed by atoms with Crippen molar-refractivity contribution in [2.75, 3.05) is 18.0 Å². The number of anilines is 1. The van der Waals surface area contributed by atoms with Crippen LogP contribution in [0.4, 0.5) is 14.5 Å². The first-order chi connectivity index (χ1) is 9.71. The molecule has 0 unspecified atom stereocenters.